The van der Waals surface area contributed by atoms with Gasteiger partial charge in [0.15, 0.2) is 0 Å². The number of nitrogens with one attached hydrogen (secondary N) is 1. The molecule has 1 aliphatic rings. The summed E-state index contributed by atoms with van der Waals surface area (Å²) >= 11 is 0. The lowest BCUT2D eigenvalue weighted by Gasteiger charge is -2.38. The van der Waals surface area contributed by atoms with E-state index in [0.717, 1.165) is 6.42 Å². The van der Waals surface area contributed by atoms with E-state index in [1.807, 2.05) is 30.3 Å². The van der Waals surface area contributed by atoms with E-state index in [0.29, 0.717) is 19.8 Å². The van der Waals surface area contributed by atoms with Crippen LogP contribution in [0.15, 0.2) is 30.3 Å². The first kappa shape index (κ1) is 12.1. The monoisotopic (exact) mass is 235 g/mol. The van der Waals surface area contributed by atoms with Crippen LogP contribution in [0.1, 0.15) is 5.56 Å². The van der Waals surface area contributed by atoms with Gasteiger partial charge in [-0.05, 0) is 12.0 Å². The summed E-state index contributed by atoms with van der Waals surface area (Å²) < 4.78 is 4.99. The second-order valence-electron chi connectivity index (χ2n) is 4.42. The SMILES string of the molecule is O=C(NCCc1ccccc1)C1(CO)COC1. The first-order valence-electron chi connectivity index (χ1n) is 5.78. The minimum Gasteiger partial charge on any atom is -0.395 e. The number of ether oxygens (including phenoxy) is 1. The molecule has 1 saturated heterocycles. The van der Waals surface area contributed by atoms with E-state index in [1.165, 1.54) is 5.56 Å². The molecule has 1 aliphatic heterocycles. The molecular weight excluding hydrogens is 218 g/mol. The number of aliphatic hydroxyl groups is 1. The van der Waals surface area contributed by atoms with Crippen LogP contribution in [0.4, 0.5) is 0 Å². The van der Waals surface area contributed by atoms with Crippen LogP contribution >= 0.6 is 0 Å². The lowest BCUT2D eigenvalue weighted by molar-refractivity contribution is -0.169. The highest BCUT2D eigenvalue weighted by molar-refractivity contribution is 5.83. The Kier molecular flexibility index (Phi) is 3.76. The van der Waals surface area contributed by atoms with Crippen molar-refractivity contribution in [3.05, 3.63) is 35.9 Å². The molecule has 0 aromatic heterocycles. The molecular formula is C13H17NO3. The summed E-state index contributed by atoms with van der Waals surface area (Å²) in [6, 6.07) is 9.98. The van der Waals surface area contributed by atoms with Gasteiger partial charge in [0.25, 0.3) is 0 Å². The topological polar surface area (TPSA) is 58.6 Å². The first-order valence-corrected chi connectivity index (χ1v) is 5.78. The van der Waals surface area contributed by atoms with E-state index in [9.17, 15) is 9.90 Å². The highest BCUT2D eigenvalue weighted by atomic mass is 16.5. The van der Waals surface area contributed by atoms with E-state index < -0.39 is 5.41 Å². The molecule has 2 N–H and O–H groups in total. The van der Waals surface area contributed by atoms with Crippen molar-refractivity contribution in [2.75, 3.05) is 26.4 Å². The summed E-state index contributed by atoms with van der Waals surface area (Å²) in [5.41, 5.74) is 0.493. The maximum absolute atomic E-state index is 11.8. The van der Waals surface area contributed by atoms with E-state index in [1.54, 1.807) is 0 Å². The van der Waals surface area contributed by atoms with Gasteiger partial charge in [0.1, 0.15) is 5.41 Å². The lowest BCUT2D eigenvalue weighted by atomic mass is 9.86. The molecule has 0 spiro atoms. The number of carbonyl (C=O) groups is 1. The van der Waals surface area contributed by atoms with Crippen molar-refractivity contribution >= 4 is 5.91 Å². The minimum atomic E-state index is -0.698. The van der Waals surface area contributed by atoms with Gasteiger partial charge >= 0.3 is 0 Å². The fourth-order valence-corrected chi connectivity index (χ4v) is 1.80. The zero-order chi connectivity index (χ0) is 12.1. The van der Waals surface area contributed by atoms with E-state index in [-0.39, 0.29) is 12.5 Å². The predicted octanol–water partition coefficient (Wildman–Crippen LogP) is 0.354. The summed E-state index contributed by atoms with van der Waals surface area (Å²) in [5, 5.41) is 12.0. The van der Waals surface area contributed by atoms with Gasteiger partial charge < -0.3 is 15.2 Å². The van der Waals surface area contributed by atoms with Gasteiger partial charge in [0.05, 0.1) is 19.8 Å². The Morgan fingerprint density at radius 1 is 1.35 bits per heavy atom. The van der Waals surface area contributed by atoms with Crippen LogP contribution in [-0.2, 0) is 16.0 Å². The molecule has 1 aromatic rings. The molecule has 0 aliphatic carbocycles. The third-order valence-corrected chi connectivity index (χ3v) is 3.08. The van der Waals surface area contributed by atoms with Crippen molar-refractivity contribution in [2.24, 2.45) is 5.41 Å². The van der Waals surface area contributed by atoms with Crippen LogP contribution in [-0.4, -0.2) is 37.4 Å². The first-order chi connectivity index (χ1) is 8.27. The second kappa shape index (κ2) is 5.29. The number of benzene rings is 1. The van der Waals surface area contributed by atoms with Gasteiger partial charge in [-0.2, -0.15) is 0 Å². The Hall–Kier alpha value is -1.39. The lowest BCUT2D eigenvalue weighted by Crippen LogP contribution is -2.56. The van der Waals surface area contributed by atoms with Gasteiger partial charge in [0, 0.05) is 6.54 Å². The van der Waals surface area contributed by atoms with E-state index in [4.69, 9.17) is 4.74 Å². The fraction of sp³-hybridized carbons (Fsp3) is 0.462. The Morgan fingerprint density at radius 3 is 2.59 bits per heavy atom. The number of hydrogen-bond acceptors (Lipinski definition) is 3. The molecule has 1 heterocycles. The summed E-state index contributed by atoms with van der Waals surface area (Å²) in [6.07, 6.45) is 0.801. The minimum absolute atomic E-state index is 0.109. The van der Waals surface area contributed by atoms with Gasteiger partial charge in [0.2, 0.25) is 5.91 Å². The average molecular weight is 235 g/mol. The van der Waals surface area contributed by atoms with Crippen LogP contribution in [0.25, 0.3) is 0 Å². The Balaban J connectivity index is 1.77. The fourth-order valence-electron chi connectivity index (χ4n) is 1.80. The van der Waals surface area contributed by atoms with Crippen LogP contribution in [0.2, 0.25) is 0 Å². The molecule has 1 fully saturated rings. The van der Waals surface area contributed by atoms with Gasteiger partial charge in [-0.1, -0.05) is 30.3 Å². The third-order valence-electron chi connectivity index (χ3n) is 3.08. The molecule has 1 aromatic carbocycles. The van der Waals surface area contributed by atoms with Crippen molar-refractivity contribution in [3.8, 4) is 0 Å². The van der Waals surface area contributed by atoms with Gasteiger partial charge in [-0.15, -0.1) is 0 Å². The number of carbonyl (C=O) groups excluding carboxylic acids is 1. The summed E-state index contributed by atoms with van der Waals surface area (Å²) in [7, 11) is 0. The standard InChI is InChI=1S/C13H17NO3/c15-8-13(9-17-10-13)12(16)14-7-6-11-4-2-1-3-5-11/h1-5,15H,6-10H2,(H,14,16). The van der Waals surface area contributed by atoms with Crippen molar-refractivity contribution in [3.63, 3.8) is 0 Å². The molecule has 4 nitrogen and oxygen atoms in total. The van der Waals surface area contributed by atoms with Crippen LogP contribution < -0.4 is 5.32 Å². The smallest absolute Gasteiger partial charge is 0.233 e. The molecule has 2 rings (SSSR count). The molecule has 0 unspecified atom stereocenters. The van der Waals surface area contributed by atoms with Crippen LogP contribution in [0, 0.1) is 5.41 Å². The zero-order valence-electron chi connectivity index (χ0n) is 9.69. The summed E-state index contributed by atoms with van der Waals surface area (Å²) in [5.74, 6) is -0.109. The Bertz CT molecular complexity index is 368. The van der Waals surface area contributed by atoms with Crippen molar-refractivity contribution in [2.45, 2.75) is 6.42 Å². The number of rotatable bonds is 5. The number of aliphatic hydroxyl groups excluding tert-OH is 1. The maximum Gasteiger partial charge on any atom is 0.233 e. The zero-order valence-corrected chi connectivity index (χ0v) is 9.69. The quantitative estimate of drug-likeness (QED) is 0.774. The summed E-state index contributed by atoms with van der Waals surface area (Å²) in [4.78, 5) is 11.8. The molecule has 17 heavy (non-hydrogen) atoms. The maximum atomic E-state index is 11.8. The molecule has 0 atom stereocenters. The molecule has 0 saturated carbocycles. The molecule has 4 heteroatoms. The van der Waals surface area contributed by atoms with Crippen LogP contribution in [0.5, 0.6) is 0 Å². The van der Waals surface area contributed by atoms with Gasteiger partial charge in [-0.25, -0.2) is 0 Å². The molecule has 92 valence electrons. The highest BCUT2D eigenvalue weighted by Crippen LogP contribution is 2.26. The molecule has 0 bridgehead atoms. The summed E-state index contributed by atoms with van der Waals surface area (Å²) in [6.45, 7) is 1.08. The normalized spacial score (nSPS) is 17.2. The number of amides is 1. The molecule has 1 amide bonds. The Morgan fingerprint density at radius 2 is 2.06 bits per heavy atom. The van der Waals surface area contributed by atoms with E-state index in [2.05, 4.69) is 5.32 Å². The Labute approximate surface area is 101 Å². The van der Waals surface area contributed by atoms with Gasteiger partial charge in [-0.3, -0.25) is 4.79 Å². The predicted molar refractivity (Wildman–Crippen MR) is 63.5 cm³/mol. The third kappa shape index (κ3) is 2.65. The van der Waals surface area contributed by atoms with Crippen molar-refractivity contribution in [1.82, 2.24) is 5.32 Å². The largest absolute Gasteiger partial charge is 0.395 e. The van der Waals surface area contributed by atoms with Crippen molar-refractivity contribution in [1.29, 1.82) is 0 Å². The second-order valence-corrected chi connectivity index (χ2v) is 4.42. The highest BCUT2D eigenvalue weighted by Gasteiger charge is 2.45. The van der Waals surface area contributed by atoms with E-state index >= 15 is 0 Å². The van der Waals surface area contributed by atoms with Crippen LogP contribution in [0.3, 0.4) is 0 Å². The van der Waals surface area contributed by atoms with Crippen molar-refractivity contribution < 1.29 is 14.6 Å². The average Bonchev–Trinajstić information content (AvgIpc) is 2.30. The molecule has 0 radical (unpaired) electrons. The number of hydrogen-bond donors (Lipinski definition) is 2.